The summed E-state index contributed by atoms with van der Waals surface area (Å²) in [4.78, 5) is 12.1. The number of nitrogens with zero attached hydrogens (tertiary/aromatic N) is 3. The molecule has 1 N–H and O–H groups in total. The van der Waals surface area contributed by atoms with Gasteiger partial charge in [-0.05, 0) is 43.3 Å². The van der Waals surface area contributed by atoms with E-state index in [1.54, 1.807) is 4.57 Å². The van der Waals surface area contributed by atoms with Gasteiger partial charge in [0, 0.05) is 6.54 Å². The van der Waals surface area contributed by atoms with Crippen LogP contribution in [0, 0.1) is 11.7 Å². The zero-order valence-electron chi connectivity index (χ0n) is 11.9. The summed E-state index contributed by atoms with van der Waals surface area (Å²) in [5.74, 6) is 0.348. The van der Waals surface area contributed by atoms with Gasteiger partial charge in [-0.3, -0.25) is 9.67 Å². The molecule has 0 aliphatic carbocycles. The maximum Gasteiger partial charge on any atom is 0.420 e. The first-order valence-corrected chi connectivity index (χ1v) is 7.25. The molecule has 7 heteroatoms. The van der Waals surface area contributed by atoms with Gasteiger partial charge in [-0.15, -0.1) is 0 Å². The van der Waals surface area contributed by atoms with Gasteiger partial charge in [0.2, 0.25) is 0 Å². The predicted molar refractivity (Wildman–Crippen MR) is 82.0 cm³/mol. The Morgan fingerprint density at radius 2 is 2.19 bits per heavy atom. The van der Waals surface area contributed by atoms with Crippen LogP contribution >= 0.6 is 12.2 Å². The lowest BCUT2D eigenvalue weighted by Gasteiger charge is -2.05. The Hall–Kier alpha value is -2.15. The molecule has 3 rings (SSSR count). The van der Waals surface area contributed by atoms with Crippen molar-refractivity contribution in [3.63, 3.8) is 0 Å². The molecule has 0 atom stereocenters. The second-order valence-corrected chi connectivity index (χ2v) is 5.41. The molecule has 0 spiro atoms. The van der Waals surface area contributed by atoms with Crippen LogP contribution in [0.3, 0.4) is 0 Å². The van der Waals surface area contributed by atoms with Crippen molar-refractivity contribution in [2.75, 3.05) is 0 Å². The number of nitrogens with one attached hydrogen (secondary N) is 1. The number of benzene rings is 1. The zero-order chi connectivity index (χ0) is 15.0. The molecule has 2 heterocycles. The smallest absolute Gasteiger partial charge is 0.408 e. The van der Waals surface area contributed by atoms with Gasteiger partial charge in [0.05, 0.1) is 12.1 Å². The molecule has 6 nitrogen and oxygen atoms in total. The Bertz CT molecular complexity index is 900. The summed E-state index contributed by atoms with van der Waals surface area (Å²) in [6.07, 6.45) is 0.945. The van der Waals surface area contributed by atoms with E-state index in [0.29, 0.717) is 16.9 Å². The Morgan fingerprint density at radius 1 is 1.38 bits per heavy atom. The fraction of sp³-hybridized carbons (Fsp3) is 0.357. The van der Waals surface area contributed by atoms with E-state index in [1.165, 1.54) is 0 Å². The molecule has 21 heavy (non-hydrogen) atoms. The fourth-order valence-corrected chi connectivity index (χ4v) is 2.63. The Balaban J connectivity index is 2.10. The Kier molecular flexibility index (Phi) is 3.50. The van der Waals surface area contributed by atoms with Crippen LogP contribution in [-0.2, 0) is 13.1 Å². The fourth-order valence-electron chi connectivity index (χ4n) is 2.39. The first kappa shape index (κ1) is 13.8. The maximum absolute atomic E-state index is 12.1. The van der Waals surface area contributed by atoms with Crippen molar-refractivity contribution in [1.82, 2.24) is 19.3 Å². The predicted octanol–water partition coefficient (Wildman–Crippen LogP) is 2.62. The van der Waals surface area contributed by atoms with Gasteiger partial charge in [-0.2, -0.15) is 5.10 Å². The highest BCUT2D eigenvalue weighted by molar-refractivity contribution is 7.71. The molecule has 0 aliphatic rings. The number of rotatable bonds is 4. The highest BCUT2D eigenvalue weighted by Crippen LogP contribution is 2.15. The minimum atomic E-state index is -0.382. The number of fused-ring (bicyclic) bond motifs is 1. The summed E-state index contributed by atoms with van der Waals surface area (Å²) in [6.45, 7) is 5.16. The van der Waals surface area contributed by atoms with E-state index in [0.717, 1.165) is 29.9 Å². The molecule has 0 saturated carbocycles. The van der Waals surface area contributed by atoms with Gasteiger partial charge in [0.25, 0.3) is 0 Å². The van der Waals surface area contributed by atoms with E-state index in [4.69, 9.17) is 16.6 Å². The zero-order valence-corrected chi connectivity index (χ0v) is 12.7. The number of oxazole rings is 1. The van der Waals surface area contributed by atoms with E-state index in [-0.39, 0.29) is 5.76 Å². The number of hydrogen-bond acceptors (Lipinski definition) is 4. The molecule has 0 saturated heterocycles. The van der Waals surface area contributed by atoms with E-state index in [9.17, 15) is 4.79 Å². The van der Waals surface area contributed by atoms with Gasteiger partial charge in [-0.1, -0.05) is 13.0 Å². The van der Waals surface area contributed by atoms with Crippen LogP contribution in [0.4, 0.5) is 0 Å². The van der Waals surface area contributed by atoms with Crippen molar-refractivity contribution >= 4 is 23.3 Å². The monoisotopic (exact) mass is 304 g/mol. The molecule has 0 radical (unpaired) electrons. The lowest BCUT2D eigenvalue weighted by atomic mass is 10.2. The molecule has 3 aromatic rings. The van der Waals surface area contributed by atoms with Crippen molar-refractivity contribution in [2.24, 2.45) is 0 Å². The first-order valence-electron chi connectivity index (χ1n) is 6.84. The standard InChI is InChI=1S/C14H16N4O2S/c1-3-6-17-12(15-16-13(17)21)8-18-10-7-9(2)4-5-11(10)20-14(18)19/h4-5,7H,3,6,8H2,1-2H3,(H,16,21). The number of aryl methyl sites for hydroxylation is 1. The molecule has 0 fully saturated rings. The molecular formula is C14H16N4O2S. The van der Waals surface area contributed by atoms with Crippen molar-refractivity contribution in [2.45, 2.75) is 33.4 Å². The average Bonchev–Trinajstić information content (AvgIpc) is 2.94. The third-order valence-corrected chi connectivity index (χ3v) is 3.72. The van der Waals surface area contributed by atoms with Gasteiger partial charge in [0.1, 0.15) is 0 Å². The molecule has 1 aromatic carbocycles. The number of aromatic nitrogens is 4. The first-order chi connectivity index (χ1) is 10.1. The van der Waals surface area contributed by atoms with Crippen LogP contribution in [0.25, 0.3) is 11.1 Å². The summed E-state index contributed by atoms with van der Waals surface area (Å²) < 4.78 is 9.34. The largest absolute Gasteiger partial charge is 0.420 e. The highest BCUT2D eigenvalue weighted by atomic mass is 32.1. The minimum Gasteiger partial charge on any atom is -0.408 e. The van der Waals surface area contributed by atoms with Gasteiger partial charge < -0.3 is 8.98 Å². The third-order valence-electron chi connectivity index (χ3n) is 3.41. The minimum absolute atomic E-state index is 0.336. The van der Waals surface area contributed by atoms with E-state index < -0.39 is 0 Å². The van der Waals surface area contributed by atoms with Crippen LogP contribution < -0.4 is 5.76 Å². The SMILES string of the molecule is CCCn1c(Cn2c(=O)oc3ccc(C)cc32)n[nH]c1=S. The van der Waals surface area contributed by atoms with Crippen LogP contribution in [0.1, 0.15) is 24.7 Å². The number of aromatic amines is 1. The lowest BCUT2D eigenvalue weighted by molar-refractivity contribution is 0.506. The molecule has 110 valence electrons. The van der Waals surface area contributed by atoms with Crippen molar-refractivity contribution in [3.8, 4) is 0 Å². The van der Waals surface area contributed by atoms with E-state index in [1.807, 2.05) is 29.7 Å². The lowest BCUT2D eigenvalue weighted by Crippen LogP contribution is -2.18. The van der Waals surface area contributed by atoms with Crippen LogP contribution in [0.15, 0.2) is 27.4 Å². The maximum atomic E-state index is 12.1. The topological polar surface area (TPSA) is 68.8 Å². The molecule has 0 unspecified atom stereocenters. The average molecular weight is 304 g/mol. The van der Waals surface area contributed by atoms with Crippen molar-refractivity contribution < 1.29 is 4.42 Å². The summed E-state index contributed by atoms with van der Waals surface area (Å²) in [5, 5.41) is 7.01. The molecule has 0 amide bonds. The second-order valence-electron chi connectivity index (χ2n) is 5.02. The third kappa shape index (κ3) is 2.44. The normalized spacial score (nSPS) is 11.3. The van der Waals surface area contributed by atoms with E-state index >= 15 is 0 Å². The van der Waals surface area contributed by atoms with Crippen LogP contribution in [0.2, 0.25) is 0 Å². The Morgan fingerprint density at radius 3 is 2.95 bits per heavy atom. The van der Waals surface area contributed by atoms with E-state index in [2.05, 4.69) is 17.1 Å². The van der Waals surface area contributed by atoms with Crippen LogP contribution in [-0.4, -0.2) is 19.3 Å². The molecule has 0 bridgehead atoms. The summed E-state index contributed by atoms with van der Waals surface area (Å²) in [6, 6.07) is 5.67. The summed E-state index contributed by atoms with van der Waals surface area (Å²) in [7, 11) is 0. The Labute approximate surface area is 126 Å². The van der Waals surface area contributed by atoms with Gasteiger partial charge in [-0.25, -0.2) is 4.79 Å². The summed E-state index contributed by atoms with van der Waals surface area (Å²) >= 11 is 5.22. The second kappa shape index (κ2) is 5.33. The van der Waals surface area contributed by atoms with Crippen molar-refractivity contribution in [1.29, 1.82) is 0 Å². The number of H-pyrrole nitrogens is 1. The quantitative estimate of drug-likeness (QED) is 0.752. The van der Waals surface area contributed by atoms with Crippen molar-refractivity contribution in [3.05, 3.63) is 44.9 Å². The van der Waals surface area contributed by atoms with Gasteiger partial charge in [0.15, 0.2) is 16.2 Å². The van der Waals surface area contributed by atoms with Crippen LogP contribution in [0.5, 0.6) is 0 Å². The highest BCUT2D eigenvalue weighted by Gasteiger charge is 2.13. The number of hydrogen-bond donors (Lipinski definition) is 1. The molecular weight excluding hydrogens is 288 g/mol. The summed E-state index contributed by atoms with van der Waals surface area (Å²) in [5.41, 5.74) is 2.43. The van der Waals surface area contributed by atoms with Gasteiger partial charge >= 0.3 is 5.76 Å². The molecule has 0 aliphatic heterocycles. The molecule has 2 aromatic heterocycles.